The van der Waals surface area contributed by atoms with Crippen molar-refractivity contribution in [1.29, 1.82) is 0 Å². The number of nitrogens with one attached hydrogen (secondary N) is 2. The second kappa shape index (κ2) is 6.74. The first-order chi connectivity index (χ1) is 9.62. The van der Waals surface area contributed by atoms with Crippen LogP contribution in [0.1, 0.15) is 54.7 Å². The number of hydrogen-bond donors (Lipinski definition) is 2. The van der Waals surface area contributed by atoms with Gasteiger partial charge in [-0.15, -0.1) is 0 Å². The lowest BCUT2D eigenvalue weighted by Gasteiger charge is -2.22. The lowest BCUT2D eigenvalue weighted by Crippen LogP contribution is -2.34. The van der Waals surface area contributed by atoms with Crippen LogP contribution in [0.2, 0.25) is 0 Å². The van der Waals surface area contributed by atoms with Crippen LogP contribution in [0.25, 0.3) is 0 Å². The van der Waals surface area contributed by atoms with E-state index in [1.165, 1.54) is 12.5 Å². The van der Waals surface area contributed by atoms with Crippen LogP contribution in [0.4, 0.5) is 0 Å². The van der Waals surface area contributed by atoms with Crippen LogP contribution in [0.3, 0.4) is 0 Å². The molecule has 0 radical (unpaired) electrons. The molecule has 0 atom stereocenters. The highest BCUT2D eigenvalue weighted by Crippen LogP contribution is 2.26. The molecule has 2 amide bonds. The van der Waals surface area contributed by atoms with Gasteiger partial charge < -0.3 is 10.6 Å². The maximum absolute atomic E-state index is 12.3. The molecule has 21 heavy (non-hydrogen) atoms. The van der Waals surface area contributed by atoms with Crippen LogP contribution in [0.5, 0.6) is 0 Å². The van der Waals surface area contributed by atoms with E-state index in [0.717, 1.165) is 16.7 Å². The van der Waals surface area contributed by atoms with E-state index in [1.54, 1.807) is 0 Å². The molecule has 0 aliphatic carbocycles. The molecule has 0 saturated heterocycles. The Morgan fingerprint density at radius 1 is 1.00 bits per heavy atom. The minimum atomic E-state index is -0.0915. The first-order valence-corrected chi connectivity index (χ1v) is 7.27. The Balaban J connectivity index is 2.84. The van der Waals surface area contributed by atoms with Crippen LogP contribution >= 0.6 is 0 Å². The Morgan fingerprint density at radius 3 is 1.90 bits per heavy atom. The molecular formula is C17H26N2O2. The number of aryl methyl sites for hydroxylation is 2. The van der Waals surface area contributed by atoms with Gasteiger partial charge in [0.05, 0.1) is 0 Å². The number of amides is 2. The molecule has 0 bridgehead atoms. The second-order valence-corrected chi connectivity index (χ2v) is 6.47. The Kier molecular flexibility index (Phi) is 5.53. The largest absolute Gasteiger partial charge is 0.355 e. The third-order valence-corrected chi connectivity index (χ3v) is 3.41. The summed E-state index contributed by atoms with van der Waals surface area (Å²) in [6, 6.07) is 4.16. The molecule has 4 nitrogen and oxygen atoms in total. The fourth-order valence-corrected chi connectivity index (χ4v) is 2.26. The number of benzene rings is 1. The average Bonchev–Trinajstić information content (AvgIpc) is 2.32. The van der Waals surface area contributed by atoms with Gasteiger partial charge in [-0.05, 0) is 36.0 Å². The molecule has 4 heteroatoms. The van der Waals surface area contributed by atoms with Gasteiger partial charge >= 0.3 is 0 Å². The van der Waals surface area contributed by atoms with Crippen molar-refractivity contribution in [2.45, 2.75) is 47.0 Å². The van der Waals surface area contributed by atoms with Gasteiger partial charge in [-0.3, -0.25) is 9.59 Å². The number of carbonyl (C=O) groups excluding carboxylic acids is 2. The maximum Gasteiger partial charge on any atom is 0.251 e. The molecule has 0 unspecified atom stereocenters. The molecule has 0 aliphatic heterocycles. The van der Waals surface area contributed by atoms with Crippen molar-refractivity contribution in [3.8, 4) is 0 Å². The van der Waals surface area contributed by atoms with Gasteiger partial charge in [0, 0.05) is 25.6 Å². The van der Waals surface area contributed by atoms with Crippen LogP contribution in [-0.2, 0) is 10.2 Å². The summed E-state index contributed by atoms with van der Waals surface area (Å²) < 4.78 is 0. The van der Waals surface area contributed by atoms with Gasteiger partial charge in [0.15, 0.2) is 0 Å². The van der Waals surface area contributed by atoms with E-state index in [0.29, 0.717) is 13.1 Å². The molecule has 2 N–H and O–H groups in total. The van der Waals surface area contributed by atoms with Gasteiger partial charge in [-0.1, -0.05) is 32.9 Å². The highest BCUT2D eigenvalue weighted by Gasteiger charge is 2.18. The number of rotatable bonds is 4. The van der Waals surface area contributed by atoms with Crippen molar-refractivity contribution in [3.05, 3.63) is 34.4 Å². The van der Waals surface area contributed by atoms with Crippen molar-refractivity contribution in [2.75, 3.05) is 13.1 Å². The minimum absolute atomic E-state index is 0.0654. The van der Waals surface area contributed by atoms with Crippen LogP contribution < -0.4 is 10.6 Å². The standard InChI is InChI=1S/C17H26N2O2/c1-11-9-14(17(4,5)6)10-12(2)15(11)16(21)19-8-7-18-13(3)20/h9-10H,7-8H2,1-6H3,(H,18,20)(H,19,21). The number of hydrogen-bond acceptors (Lipinski definition) is 2. The molecule has 0 fully saturated rings. The highest BCUT2D eigenvalue weighted by molar-refractivity contribution is 5.97. The SMILES string of the molecule is CC(=O)NCCNC(=O)c1c(C)cc(C(C)(C)C)cc1C. The average molecular weight is 290 g/mol. The zero-order chi connectivity index (χ0) is 16.2. The first-order valence-electron chi connectivity index (χ1n) is 7.27. The van der Waals surface area contributed by atoms with E-state index in [1.807, 2.05) is 13.8 Å². The molecule has 0 spiro atoms. The predicted molar refractivity (Wildman–Crippen MR) is 85.6 cm³/mol. The van der Waals surface area contributed by atoms with Crippen molar-refractivity contribution < 1.29 is 9.59 Å². The molecule has 1 aromatic rings. The molecule has 0 aliphatic rings. The van der Waals surface area contributed by atoms with E-state index in [-0.39, 0.29) is 17.2 Å². The Morgan fingerprint density at radius 2 is 1.48 bits per heavy atom. The quantitative estimate of drug-likeness (QED) is 0.837. The third kappa shape index (κ3) is 4.88. The summed E-state index contributed by atoms with van der Waals surface area (Å²) in [6.45, 7) is 12.7. The molecule has 0 heterocycles. The number of carbonyl (C=O) groups is 2. The van der Waals surface area contributed by atoms with E-state index < -0.39 is 0 Å². The molecular weight excluding hydrogens is 264 g/mol. The zero-order valence-electron chi connectivity index (χ0n) is 13.9. The first kappa shape index (κ1) is 17.2. The predicted octanol–water partition coefficient (Wildman–Crippen LogP) is 2.47. The maximum atomic E-state index is 12.3. The van der Waals surface area contributed by atoms with Gasteiger partial charge in [0.2, 0.25) is 5.91 Å². The third-order valence-electron chi connectivity index (χ3n) is 3.41. The van der Waals surface area contributed by atoms with Crippen LogP contribution in [0.15, 0.2) is 12.1 Å². The van der Waals surface area contributed by atoms with Crippen molar-refractivity contribution in [2.24, 2.45) is 0 Å². The lowest BCUT2D eigenvalue weighted by molar-refractivity contribution is -0.118. The second-order valence-electron chi connectivity index (χ2n) is 6.47. The molecule has 0 aromatic heterocycles. The topological polar surface area (TPSA) is 58.2 Å². The Bertz CT molecular complexity index is 519. The summed E-state index contributed by atoms with van der Waals surface area (Å²) in [4.78, 5) is 23.0. The van der Waals surface area contributed by atoms with E-state index in [2.05, 4.69) is 43.5 Å². The lowest BCUT2D eigenvalue weighted by atomic mass is 9.83. The fraction of sp³-hybridized carbons (Fsp3) is 0.529. The van der Waals surface area contributed by atoms with E-state index >= 15 is 0 Å². The minimum Gasteiger partial charge on any atom is -0.355 e. The summed E-state index contributed by atoms with van der Waals surface area (Å²) in [5, 5.41) is 5.50. The van der Waals surface area contributed by atoms with Crippen molar-refractivity contribution in [3.63, 3.8) is 0 Å². The smallest absolute Gasteiger partial charge is 0.251 e. The Labute approximate surface area is 127 Å². The van der Waals surface area contributed by atoms with Crippen LogP contribution in [0, 0.1) is 13.8 Å². The fourth-order valence-electron chi connectivity index (χ4n) is 2.26. The molecule has 0 saturated carbocycles. The molecule has 116 valence electrons. The van der Waals surface area contributed by atoms with E-state index in [4.69, 9.17) is 0 Å². The summed E-state index contributed by atoms with van der Waals surface area (Å²) in [6.07, 6.45) is 0. The summed E-state index contributed by atoms with van der Waals surface area (Å²) >= 11 is 0. The van der Waals surface area contributed by atoms with Gasteiger partial charge in [0.25, 0.3) is 5.91 Å². The van der Waals surface area contributed by atoms with Gasteiger partial charge in [-0.25, -0.2) is 0 Å². The summed E-state index contributed by atoms with van der Waals surface area (Å²) in [5.74, 6) is -0.179. The molecule has 1 rings (SSSR count). The summed E-state index contributed by atoms with van der Waals surface area (Å²) in [5.41, 5.74) is 3.99. The van der Waals surface area contributed by atoms with Crippen molar-refractivity contribution >= 4 is 11.8 Å². The van der Waals surface area contributed by atoms with Crippen LogP contribution in [-0.4, -0.2) is 24.9 Å². The Hall–Kier alpha value is -1.84. The normalized spacial score (nSPS) is 11.1. The molecule has 1 aromatic carbocycles. The van der Waals surface area contributed by atoms with Crippen molar-refractivity contribution in [1.82, 2.24) is 10.6 Å². The van der Waals surface area contributed by atoms with E-state index in [9.17, 15) is 9.59 Å². The zero-order valence-corrected chi connectivity index (χ0v) is 13.9. The highest BCUT2D eigenvalue weighted by atomic mass is 16.2. The van der Waals surface area contributed by atoms with Gasteiger partial charge in [-0.2, -0.15) is 0 Å². The van der Waals surface area contributed by atoms with Gasteiger partial charge in [0.1, 0.15) is 0 Å². The summed E-state index contributed by atoms with van der Waals surface area (Å²) in [7, 11) is 0. The monoisotopic (exact) mass is 290 g/mol.